The van der Waals surface area contributed by atoms with E-state index >= 15 is 0 Å². The summed E-state index contributed by atoms with van der Waals surface area (Å²) in [6.45, 7) is 2.25. The van der Waals surface area contributed by atoms with Crippen LogP contribution in [0.15, 0.2) is 24.4 Å². The second kappa shape index (κ2) is 7.13. The summed E-state index contributed by atoms with van der Waals surface area (Å²) >= 11 is 12.2. The second-order valence-electron chi connectivity index (χ2n) is 5.98. The van der Waals surface area contributed by atoms with Crippen molar-refractivity contribution >= 4 is 34.7 Å². The molecule has 2 heterocycles. The van der Waals surface area contributed by atoms with Gasteiger partial charge in [0.1, 0.15) is 5.82 Å². The maximum absolute atomic E-state index is 13.0. The van der Waals surface area contributed by atoms with Crippen LogP contribution in [0, 0.1) is 5.82 Å². The zero-order valence-corrected chi connectivity index (χ0v) is 15.3. The molecule has 2 N–H and O–H groups in total. The third-order valence-corrected chi connectivity index (χ3v) is 5.11. The molecule has 2 aromatic rings. The third kappa shape index (κ3) is 3.34. The van der Waals surface area contributed by atoms with Crippen molar-refractivity contribution in [3.05, 3.63) is 57.1 Å². The molecule has 0 saturated carbocycles. The van der Waals surface area contributed by atoms with E-state index < -0.39 is 17.3 Å². The molecule has 1 amide bonds. The highest BCUT2D eigenvalue weighted by atomic mass is 35.5. The molecule has 1 aromatic heterocycles. The van der Waals surface area contributed by atoms with E-state index in [4.69, 9.17) is 23.2 Å². The number of rotatable bonds is 2. The zero-order chi connectivity index (χ0) is 19.0. The Balaban J connectivity index is 1.85. The maximum Gasteiger partial charge on any atom is 0.247 e. The summed E-state index contributed by atoms with van der Waals surface area (Å²) in [5, 5.41) is 19.7. The topological polar surface area (TPSA) is 73.7 Å². The summed E-state index contributed by atoms with van der Waals surface area (Å²) in [5.41, 5.74) is 2.23. The Labute approximate surface area is 159 Å². The van der Waals surface area contributed by atoms with Crippen LogP contribution in [0.5, 0.6) is 11.5 Å². The zero-order valence-electron chi connectivity index (χ0n) is 13.8. The molecule has 0 spiro atoms. The van der Waals surface area contributed by atoms with Gasteiger partial charge in [-0.1, -0.05) is 23.2 Å². The van der Waals surface area contributed by atoms with Gasteiger partial charge in [0.05, 0.1) is 21.9 Å². The van der Waals surface area contributed by atoms with E-state index in [0.717, 1.165) is 6.20 Å². The average molecular weight is 397 g/mol. The number of carbonyl (C=O) groups is 1. The van der Waals surface area contributed by atoms with Gasteiger partial charge in [-0.05, 0) is 42.2 Å². The van der Waals surface area contributed by atoms with E-state index in [1.165, 1.54) is 18.2 Å². The monoisotopic (exact) mass is 396 g/mol. The highest BCUT2D eigenvalue weighted by molar-refractivity contribution is 6.36. The van der Waals surface area contributed by atoms with Crippen LogP contribution < -0.4 is 0 Å². The molecule has 8 heteroatoms. The minimum absolute atomic E-state index is 0.0136. The van der Waals surface area contributed by atoms with Crippen molar-refractivity contribution in [3.63, 3.8) is 0 Å². The first-order valence-electron chi connectivity index (χ1n) is 7.79. The van der Waals surface area contributed by atoms with Gasteiger partial charge in [-0.25, -0.2) is 4.39 Å². The van der Waals surface area contributed by atoms with Crippen LogP contribution in [0.1, 0.15) is 23.7 Å². The lowest BCUT2D eigenvalue weighted by atomic mass is 9.98. The van der Waals surface area contributed by atoms with Gasteiger partial charge in [0, 0.05) is 19.2 Å². The quantitative estimate of drug-likeness (QED) is 0.595. The molecular weight excluding hydrogens is 382 g/mol. The van der Waals surface area contributed by atoms with Gasteiger partial charge in [-0.3, -0.25) is 9.78 Å². The Hall–Kier alpha value is -2.31. The van der Waals surface area contributed by atoms with E-state index in [9.17, 15) is 19.4 Å². The molecule has 0 bridgehead atoms. The molecule has 0 unspecified atom stereocenters. The van der Waals surface area contributed by atoms with Crippen molar-refractivity contribution in [1.29, 1.82) is 0 Å². The molecule has 136 valence electrons. The van der Waals surface area contributed by atoms with E-state index in [1.807, 2.05) is 0 Å². The first-order valence-corrected chi connectivity index (χ1v) is 8.55. The van der Waals surface area contributed by atoms with Crippen molar-refractivity contribution in [2.24, 2.45) is 0 Å². The summed E-state index contributed by atoms with van der Waals surface area (Å²) in [4.78, 5) is 18.1. The molecule has 1 aliphatic heterocycles. The van der Waals surface area contributed by atoms with Crippen molar-refractivity contribution in [3.8, 4) is 11.5 Å². The highest BCUT2D eigenvalue weighted by Gasteiger charge is 2.28. The lowest BCUT2D eigenvalue weighted by molar-refractivity contribution is -0.126. The Morgan fingerprint density at radius 1 is 1.23 bits per heavy atom. The number of phenols is 2. The Kier molecular flexibility index (Phi) is 5.07. The minimum atomic E-state index is -0.494. The number of fused-ring (bicyclic) bond motifs is 1. The molecule has 0 radical (unpaired) electrons. The predicted octanol–water partition coefficient (Wildman–Crippen LogP) is 3.93. The van der Waals surface area contributed by atoms with Crippen molar-refractivity contribution in [2.75, 3.05) is 6.54 Å². The van der Waals surface area contributed by atoms with Crippen molar-refractivity contribution in [2.45, 2.75) is 19.9 Å². The molecular formula is C18H15Cl2FN2O3. The summed E-state index contributed by atoms with van der Waals surface area (Å²) < 4.78 is 13.0. The smallest absolute Gasteiger partial charge is 0.247 e. The van der Waals surface area contributed by atoms with Crippen LogP contribution in [0.3, 0.4) is 0 Å². The Bertz CT molecular complexity index is 914. The van der Waals surface area contributed by atoms with E-state index in [0.29, 0.717) is 35.4 Å². The van der Waals surface area contributed by atoms with Gasteiger partial charge in [0.2, 0.25) is 5.91 Å². The minimum Gasteiger partial charge on any atom is -0.503 e. The molecule has 3 rings (SSSR count). The van der Waals surface area contributed by atoms with Crippen LogP contribution in [-0.2, 0) is 17.8 Å². The number of benzene rings is 1. The summed E-state index contributed by atoms with van der Waals surface area (Å²) in [7, 11) is 0. The molecule has 0 saturated heterocycles. The fourth-order valence-corrected chi connectivity index (χ4v) is 3.41. The van der Waals surface area contributed by atoms with E-state index in [1.54, 1.807) is 11.8 Å². The van der Waals surface area contributed by atoms with Gasteiger partial charge in [-0.2, -0.15) is 0 Å². The first-order chi connectivity index (χ1) is 12.3. The summed E-state index contributed by atoms with van der Waals surface area (Å²) in [6, 6.07) is 2.77. The molecule has 1 aromatic carbocycles. The fourth-order valence-electron chi connectivity index (χ4n) is 2.85. The average Bonchev–Trinajstić information content (AvgIpc) is 2.64. The fraction of sp³-hybridized carbons (Fsp3) is 0.222. The predicted molar refractivity (Wildman–Crippen MR) is 96.8 cm³/mol. The lowest BCUT2D eigenvalue weighted by Gasteiger charge is -2.30. The van der Waals surface area contributed by atoms with Crippen LogP contribution in [-0.4, -0.2) is 32.5 Å². The van der Waals surface area contributed by atoms with Crippen LogP contribution in [0.4, 0.5) is 4.39 Å². The number of nitrogens with zero attached hydrogens (tertiary/aromatic N) is 2. The first kappa shape index (κ1) is 18.5. The van der Waals surface area contributed by atoms with Crippen molar-refractivity contribution in [1.82, 2.24) is 9.88 Å². The van der Waals surface area contributed by atoms with Crippen LogP contribution in [0.25, 0.3) is 5.57 Å². The van der Waals surface area contributed by atoms with Gasteiger partial charge < -0.3 is 15.1 Å². The second-order valence-corrected chi connectivity index (χ2v) is 6.74. The number of aromatic nitrogens is 1. The number of hydrogen-bond donors (Lipinski definition) is 2. The van der Waals surface area contributed by atoms with Gasteiger partial charge >= 0.3 is 0 Å². The summed E-state index contributed by atoms with van der Waals surface area (Å²) in [5.74, 6) is -1.66. The van der Waals surface area contributed by atoms with Crippen molar-refractivity contribution < 1.29 is 19.4 Å². The largest absolute Gasteiger partial charge is 0.503 e. The molecule has 5 nitrogen and oxygen atoms in total. The summed E-state index contributed by atoms with van der Waals surface area (Å²) in [6.07, 6.45) is 2.90. The SMILES string of the molecule is C/C(=C/C(=O)N1CCc2c(Cl)c(O)c(O)c(Cl)c2C1)c1ccc(F)cn1. The molecule has 0 aliphatic carbocycles. The number of allylic oxidation sites excluding steroid dienone is 1. The number of carbonyl (C=O) groups excluding carboxylic acids is 1. The number of hydrogen-bond acceptors (Lipinski definition) is 4. The molecule has 26 heavy (non-hydrogen) atoms. The van der Waals surface area contributed by atoms with Crippen LogP contribution >= 0.6 is 23.2 Å². The molecule has 0 atom stereocenters. The van der Waals surface area contributed by atoms with Gasteiger partial charge in [-0.15, -0.1) is 0 Å². The maximum atomic E-state index is 13.0. The number of pyridine rings is 1. The molecule has 0 fully saturated rings. The van der Waals surface area contributed by atoms with E-state index in [2.05, 4.69) is 4.98 Å². The van der Waals surface area contributed by atoms with Crippen LogP contribution in [0.2, 0.25) is 10.0 Å². The molecule has 1 aliphatic rings. The van der Waals surface area contributed by atoms with Gasteiger partial charge in [0.25, 0.3) is 0 Å². The van der Waals surface area contributed by atoms with Gasteiger partial charge in [0.15, 0.2) is 11.5 Å². The third-order valence-electron chi connectivity index (χ3n) is 4.30. The number of phenolic OH excluding ortho intramolecular Hbond substituents is 2. The number of amides is 1. The van der Waals surface area contributed by atoms with E-state index in [-0.39, 0.29) is 22.5 Å². The number of aromatic hydroxyl groups is 2. The normalized spacial score (nSPS) is 14.3. The highest BCUT2D eigenvalue weighted by Crippen LogP contribution is 2.46. The Morgan fingerprint density at radius 3 is 2.50 bits per heavy atom. The number of halogens is 3. The Morgan fingerprint density at radius 2 is 1.88 bits per heavy atom. The standard InChI is InChI=1S/C18H15Cl2FN2O3/c1-9(13-3-2-10(21)7-22-13)6-14(24)23-5-4-11-12(8-23)16(20)18(26)17(25)15(11)19/h2-3,6-7,25-26H,4-5,8H2,1H3/b9-6-. The lowest BCUT2D eigenvalue weighted by Crippen LogP contribution is -2.35.